The maximum atomic E-state index is 12.2. The van der Waals surface area contributed by atoms with E-state index in [0.29, 0.717) is 23.1 Å². The molecule has 0 spiro atoms. The van der Waals surface area contributed by atoms with Crippen molar-refractivity contribution in [2.45, 2.75) is 69.1 Å². The molecule has 2 aliphatic heterocycles. The van der Waals surface area contributed by atoms with Crippen molar-refractivity contribution >= 4 is 23.3 Å². The lowest BCUT2D eigenvalue weighted by molar-refractivity contribution is 0.0198. The summed E-state index contributed by atoms with van der Waals surface area (Å²) in [6.07, 6.45) is 8.89. The summed E-state index contributed by atoms with van der Waals surface area (Å²) < 4.78 is 0. The molecule has 0 radical (unpaired) electrons. The van der Waals surface area contributed by atoms with E-state index in [9.17, 15) is 4.79 Å². The molecule has 2 heterocycles. The number of anilines is 1. The van der Waals surface area contributed by atoms with Crippen LogP contribution in [0.15, 0.2) is 24.3 Å². The molecule has 1 saturated carbocycles. The first-order valence-corrected chi connectivity index (χ1v) is 9.17. The number of hydrogen-bond acceptors (Lipinski definition) is 2. The van der Waals surface area contributed by atoms with Gasteiger partial charge >= 0.3 is 6.03 Å². The van der Waals surface area contributed by atoms with Crippen molar-refractivity contribution in [1.82, 2.24) is 10.2 Å². The van der Waals surface area contributed by atoms with Crippen molar-refractivity contribution in [2.24, 2.45) is 0 Å². The van der Waals surface area contributed by atoms with E-state index >= 15 is 0 Å². The summed E-state index contributed by atoms with van der Waals surface area (Å²) in [5.74, 6) is 0. The van der Waals surface area contributed by atoms with Crippen molar-refractivity contribution < 1.29 is 4.79 Å². The summed E-state index contributed by atoms with van der Waals surface area (Å²) in [6.45, 7) is 0. The molecule has 5 heteroatoms. The SMILES string of the molecule is O=C(Nc1ccc(Cl)cc1)NC1C[C@H]2CCC[C@@H](C1)N2C1CC1. The Morgan fingerprint density at radius 2 is 1.65 bits per heavy atom. The summed E-state index contributed by atoms with van der Waals surface area (Å²) in [5, 5.41) is 6.76. The molecule has 1 aromatic carbocycles. The van der Waals surface area contributed by atoms with Crippen molar-refractivity contribution in [2.75, 3.05) is 5.32 Å². The summed E-state index contributed by atoms with van der Waals surface area (Å²) in [6, 6.07) is 9.62. The van der Waals surface area contributed by atoms with Gasteiger partial charge in [-0.05, 0) is 62.8 Å². The van der Waals surface area contributed by atoms with Gasteiger partial charge in [0.05, 0.1) is 0 Å². The van der Waals surface area contributed by atoms with Crippen LogP contribution in [0, 0.1) is 0 Å². The molecule has 23 heavy (non-hydrogen) atoms. The number of urea groups is 1. The third kappa shape index (κ3) is 3.48. The Hall–Kier alpha value is -1.26. The predicted octanol–water partition coefficient (Wildman–Crippen LogP) is 4.01. The van der Waals surface area contributed by atoms with Crippen LogP contribution < -0.4 is 10.6 Å². The fourth-order valence-corrected chi connectivity index (χ4v) is 4.52. The van der Waals surface area contributed by atoms with Crippen molar-refractivity contribution in [3.8, 4) is 0 Å². The normalized spacial score (nSPS) is 30.7. The van der Waals surface area contributed by atoms with E-state index in [4.69, 9.17) is 11.6 Å². The summed E-state index contributed by atoms with van der Waals surface area (Å²) in [7, 11) is 0. The van der Waals surface area contributed by atoms with Crippen LogP contribution in [0.3, 0.4) is 0 Å². The van der Waals surface area contributed by atoms with Gasteiger partial charge in [0.25, 0.3) is 0 Å². The molecule has 1 unspecified atom stereocenters. The molecule has 3 fully saturated rings. The second-order valence-corrected chi connectivity index (χ2v) is 7.63. The number of carbonyl (C=O) groups excluding carboxylic acids is 1. The Balaban J connectivity index is 1.34. The molecule has 3 atom stereocenters. The van der Waals surface area contributed by atoms with Gasteiger partial charge in [-0.3, -0.25) is 4.90 Å². The number of hydrogen-bond donors (Lipinski definition) is 2. The Morgan fingerprint density at radius 1 is 1.00 bits per heavy atom. The lowest BCUT2D eigenvalue weighted by Gasteiger charge is -2.49. The van der Waals surface area contributed by atoms with E-state index in [2.05, 4.69) is 15.5 Å². The maximum Gasteiger partial charge on any atom is 0.319 e. The highest BCUT2D eigenvalue weighted by atomic mass is 35.5. The van der Waals surface area contributed by atoms with E-state index in [1.165, 1.54) is 32.1 Å². The molecule has 2 N–H and O–H groups in total. The lowest BCUT2D eigenvalue weighted by Crippen LogP contribution is -2.58. The molecule has 2 bridgehead atoms. The molecule has 124 valence electrons. The molecular weight excluding hydrogens is 310 g/mol. The summed E-state index contributed by atoms with van der Waals surface area (Å²) in [4.78, 5) is 15.0. The fraction of sp³-hybridized carbons (Fsp3) is 0.611. The quantitative estimate of drug-likeness (QED) is 0.877. The molecular formula is C18H24ClN3O. The van der Waals surface area contributed by atoms with Gasteiger partial charge in [0.1, 0.15) is 0 Å². The first-order valence-electron chi connectivity index (χ1n) is 8.79. The molecule has 4 nitrogen and oxygen atoms in total. The van der Waals surface area contributed by atoms with Crippen LogP contribution in [0.2, 0.25) is 5.02 Å². The monoisotopic (exact) mass is 333 g/mol. The van der Waals surface area contributed by atoms with Gasteiger partial charge in [0.2, 0.25) is 0 Å². The standard InChI is InChI=1S/C18H24ClN3O/c19-12-4-6-13(7-5-12)20-18(23)21-14-10-16-2-1-3-17(11-14)22(16)15-8-9-15/h4-7,14-17H,1-3,8-11H2,(H2,20,21,23)/t14?,16-,17+. The van der Waals surface area contributed by atoms with Crippen LogP contribution in [-0.4, -0.2) is 35.1 Å². The summed E-state index contributed by atoms with van der Waals surface area (Å²) >= 11 is 5.87. The van der Waals surface area contributed by atoms with Crippen LogP contribution in [0.25, 0.3) is 0 Å². The zero-order chi connectivity index (χ0) is 15.8. The van der Waals surface area contributed by atoms with Gasteiger partial charge in [-0.15, -0.1) is 0 Å². The highest BCUT2D eigenvalue weighted by Crippen LogP contribution is 2.41. The van der Waals surface area contributed by atoms with Crippen molar-refractivity contribution in [3.05, 3.63) is 29.3 Å². The molecule has 1 aromatic rings. The highest BCUT2D eigenvalue weighted by molar-refractivity contribution is 6.30. The minimum atomic E-state index is -0.102. The minimum absolute atomic E-state index is 0.102. The van der Waals surface area contributed by atoms with Crippen LogP contribution >= 0.6 is 11.6 Å². The fourth-order valence-electron chi connectivity index (χ4n) is 4.39. The van der Waals surface area contributed by atoms with E-state index in [-0.39, 0.29) is 6.03 Å². The molecule has 4 rings (SSSR count). The van der Waals surface area contributed by atoms with Gasteiger partial charge in [-0.2, -0.15) is 0 Å². The second-order valence-electron chi connectivity index (χ2n) is 7.19. The van der Waals surface area contributed by atoms with Crippen LogP contribution in [0.4, 0.5) is 10.5 Å². The number of fused-ring (bicyclic) bond motifs is 2. The number of nitrogens with one attached hydrogen (secondary N) is 2. The zero-order valence-electron chi connectivity index (χ0n) is 13.3. The van der Waals surface area contributed by atoms with E-state index < -0.39 is 0 Å². The number of amides is 2. The number of benzene rings is 1. The number of halogens is 1. The van der Waals surface area contributed by atoms with E-state index in [1.54, 1.807) is 12.1 Å². The van der Waals surface area contributed by atoms with Gasteiger partial charge in [0, 0.05) is 34.9 Å². The van der Waals surface area contributed by atoms with Crippen LogP contribution in [0.1, 0.15) is 44.9 Å². The predicted molar refractivity (Wildman–Crippen MR) is 92.9 cm³/mol. The Bertz CT molecular complexity index is 558. The van der Waals surface area contributed by atoms with Crippen molar-refractivity contribution in [3.63, 3.8) is 0 Å². The number of rotatable bonds is 3. The largest absolute Gasteiger partial charge is 0.335 e. The second kappa shape index (κ2) is 6.33. The number of carbonyl (C=O) groups is 1. The average molecular weight is 334 g/mol. The highest BCUT2D eigenvalue weighted by Gasteiger charge is 2.45. The van der Waals surface area contributed by atoms with Gasteiger partial charge in [-0.1, -0.05) is 18.0 Å². The zero-order valence-corrected chi connectivity index (χ0v) is 14.1. The van der Waals surface area contributed by atoms with E-state index in [0.717, 1.165) is 24.6 Å². The Labute approximate surface area is 142 Å². The van der Waals surface area contributed by atoms with Gasteiger partial charge < -0.3 is 10.6 Å². The van der Waals surface area contributed by atoms with Gasteiger partial charge in [0.15, 0.2) is 0 Å². The Morgan fingerprint density at radius 3 is 2.26 bits per heavy atom. The molecule has 3 aliphatic rings. The minimum Gasteiger partial charge on any atom is -0.335 e. The number of nitrogens with zero attached hydrogens (tertiary/aromatic N) is 1. The van der Waals surface area contributed by atoms with Crippen LogP contribution in [0.5, 0.6) is 0 Å². The average Bonchev–Trinajstić information content (AvgIpc) is 3.33. The van der Waals surface area contributed by atoms with E-state index in [1.807, 2.05) is 12.1 Å². The van der Waals surface area contributed by atoms with Crippen molar-refractivity contribution in [1.29, 1.82) is 0 Å². The number of piperidine rings is 2. The topological polar surface area (TPSA) is 44.4 Å². The van der Waals surface area contributed by atoms with Crippen LogP contribution in [-0.2, 0) is 0 Å². The Kier molecular flexibility index (Phi) is 4.20. The molecule has 2 saturated heterocycles. The third-order valence-electron chi connectivity index (χ3n) is 5.44. The first-order chi connectivity index (χ1) is 11.2. The molecule has 2 amide bonds. The van der Waals surface area contributed by atoms with Gasteiger partial charge in [-0.25, -0.2) is 4.79 Å². The maximum absolute atomic E-state index is 12.2. The lowest BCUT2D eigenvalue weighted by atomic mass is 9.81. The first kappa shape index (κ1) is 15.3. The third-order valence-corrected chi connectivity index (χ3v) is 5.69. The smallest absolute Gasteiger partial charge is 0.319 e. The summed E-state index contributed by atoms with van der Waals surface area (Å²) in [5.41, 5.74) is 0.780. The molecule has 0 aromatic heterocycles. The molecule has 1 aliphatic carbocycles.